The minimum Gasteiger partial charge on any atom is -0.484 e. The lowest BCUT2D eigenvalue weighted by atomic mass is 10.1. The molecule has 1 amide bonds. The standard InChI is InChI=1S/C21H23N3O2/c22-14-17-8-10-19(11-9-17)26-16-21(25)23-20(15-24-12-4-5-13-24)18-6-2-1-3-7-18/h1-3,6-11,20H,4-5,12-13,15-16H2,(H,23,25). The molecule has 1 saturated heterocycles. The molecule has 1 aliphatic rings. The SMILES string of the molecule is N#Cc1ccc(OCC(=O)NC(CN2CCCC2)c2ccccc2)cc1. The Kier molecular flexibility index (Phi) is 6.24. The molecular formula is C21H23N3O2. The van der Waals surface area contributed by atoms with Gasteiger partial charge in [-0.15, -0.1) is 0 Å². The van der Waals surface area contributed by atoms with E-state index in [4.69, 9.17) is 10.00 Å². The van der Waals surface area contributed by atoms with E-state index in [-0.39, 0.29) is 18.6 Å². The molecule has 1 fully saturated rings. The predicted octanol–water partition coefficient (Wildman–Crippen LogP) is 2.89. The summed E-state index contributed by atoms with van der Waals surface area (Å²) < 4.78 is 5.54. The molecule has 0 radical (unpaired) electrons. The molecule has 1 heterocycles. The van der Waals surface area contributed by atoms with E-state index in [9.17, 15) is 4.79 Å². The summed E-state index contributed by atoms with van der Waals surface area (Å²) in [6.07, 6.45) is 2.44. The van der Waals surface area contributed by atoms with Crippen LogP contribution in [0.4, 0.5) is 0 Å². The van der Waals surface area contributed by atoms with E-state index >= 15 is 0 Å². The number of benzene rings is 2. The fourth-order valence-corrected chi connectivity index (χ4v) is 3.15. The Balaban J connectivity index is 1.58. The highest BCUT2D eigenvalue weighted by atomic mass is 16.5. The molecule has 1 aliphatic heterocycles. The van der Waals surface area contributed by atoms with Crippen molar-refractivity contribution >= 4 is 5.91 Å². The number of nitrogens with zero attached hydrogens (tertiary/aromatic N) is 2. The molecule has 1 N–H and O–H groups in total. The molecule has 0 spiro atoms. The molecule has 2 aromatic carbocycles. The topological polar surface area (TPSA) is 65.4 Å². The van der Waals surface area contributed by atoms with E-state index in [1.807, 2.05) is 30.3 Å². The Morgan fingerprint density at radius 1 is 1.12 bits per heavy atom. The zero-order valence-electron chi connectivity index (χ0n) is 14.7. The number of amides is 1. The minimum atomic E-state index is -0.151. The van der Waals surface area contributed by atoms with Crippen LogP contribution in [0.2, 0.25) is 0 Å². The second kappa shape index (κ2) is 9.02. The average Bonchev–Trinajstić information content (AvgIpc) is 3.20. The monoisotopic (exact) mass is 349 g/mol. The van der Waals surface area contributed by atoms with Gasteiger partial charge in [-0.05, 0) is 55.8 Å². The van der Waals surface area contributed by atoms with Gasteiger partial charge in [0.25, 0.3) is 5.91 Å². The van der Waals surface area contributed by atoms with Crippen molar-refractivity contribution < 1.29 is 9.53 Å². The molecular weight excluding hydrogens is 326 g/mol. The van der Waals surface area contributed by atoms with Gasteiger partial charge in [0.05, 0.1) is 17.7 Å². The third kappa shape index (κ3) is 5.08. The van der Waals surface area contributed by atoms with Gasteiger partial charge in [0.2, 0.25) is 0 Å². The predicted molar refractivity (Wildman–Crippen MR) is 99.7 cm³/mol. The van der Waals surface area contributed by atoms with Crippen LogP contribution in [0, 0.1) is 11.3 Å². The number of nitrogens with one attached hydrogen (secondary N) is 1. The molecule has 134 valence electrons. The molecule has 0 saturated carbocycles. The summed E-state index contributed by atoms with van der Waals surface area (Å²) in [5.41, 5.74) is 1.67. The summed E-state index contributed by atoms with van der Waals surface area (Å²) in [4.78, 5) is 14.8. The molecule has 0 bridgehead atoms. The van der Waals surface area contributed by atoms with Gasteiger partial charge in [-0.3, -0.25) is 4.79 Å². The van der Waals surface area contributed by atoms with E-state index in [0.717, 1.165) is 25.2 Å². The van der Waals surface area contributed by atoms with Crippen molar-refractivity contribution in [3.63, 3.8) is 0 Å². The summed E-state index contributed by atoms with van der Waals surface area (Å²) in [5.74, 6) is 0.428. The minimum absolute atomic E-state index is 0.0464. The Labute approximate surface area is 154 Å². The van der Waals surface area contributed by atoms with Crippen LogP contribution in [-0.2, 0) is 4.79 Å². The maximum Gasteiger partial charge on any atom is 0.258 e. The van der Waals surface area contributed by atoms with Crippen LogP contribution in [0.3, 0.4) is 0 Å². The second-order valence-electron chi connectivity index (χ2n) is 6.46. The van der Waals surface area contributed by atoms with Gasteiger partial charge in [-0.2, -0.15) is 5.26 Å². The largest absolute Gasteiger partial charge is 0.484 e. The molecule has 0 aliphatic carbocycles. The molecule has 26 heavy (non-hydrogen) atoms. The van der Waals surface area contributed by atoms with Crippen LogP contribution in [0.1, 0.15) is 30.0 Å². The van der Waals surface area contributed by atoms with Gasteiger partial charge >= 0.3 is 0 Å². The Hall–Kier alpha value is -2.84. The first kappa shape index (κ1) is 18.0. The van der Waals surface area contributed by atoms with Crippen LogP contribution in [0.15, 0.2) is 54.6 Å². The van der Waals surface area contributed by atoms with Crippen molar-refractivity contribution in [1.29, 1.82) is 5.26 Å². The quantitative estimate of drug-likeness (QED) is 0.835. The molecule has 1 unspecified atom stereocenters. The van der Waals surface area contributed by atoms with Crippen molar-refractivity contribution in [3.8, 4) is 11.8 Å². The van der Waals surface area contributed by atoms with E-state index in [1.165, 1.54) is 12.8 Å². The first-order valence-corrected chi connectivity index (χ1v) is 8.94. The molecule has 5 nitrogen and oxygen atoms in total. The molecule has 3 rings (SSSR count). The first-order chi connectivity index (χ1) is 12.7. The number of ether oxygens (including phenoxy) is 1. The van der Waals surface area contributed by atoms with Crippen molar-refractivity contribution in [2.75, 3.05) is 26.2 Å². The van der Waals surface area contributed by atoms with Crippen molar-refractivity contribution in [2.45, 2.75) is 18.9 Å². The number of hydrogen-bond acceptors (Lipinski definition) is 4. The smallest absolute Gasteiger partial charge is 0.258 e. The number of likely N-dealkylation sites (tertiary alicyclic amines) is 1. The highest BCUT2D eigenvalue weighted by molar-refractivity contribution is 5.78. The van der Waals surface area contributed by atoms with Crippen molar-refractivity contribution in [1.82, 2.24) is 10.2 Å². The van der Waals surface area contributed by atoms with E-state index in [2.05, 4.69) is 16.3 Å². The number of carbonyl (C=O) groups is 1. The normalized spacial score (nSPS) is 15.2. The van der Waals surface area contributed by atoms with Gasteiger partial charge in [0.15, 0.2) is 6.61 Å². The highest BCUT2D eigenvalue weighted by Crippen LogP contribution is 2.18. The molecule has 5 heteroatoms. The van der Waals surface area contributed by atoms with Gasteiger partial charge in [0, 0.05) is 6.54 Å². The van der Waals surface area contributed by atoms with Crippen LogP contribution < -0.4 is 10.1 Å². The van der Waals surface area contributed by atoms with Gasteiger partial charge in [-0.1, -0.05) is 30.3 Å². The molecule has 1 atom stereocenters. The number of hydrogen-bond donors (Lipinski definition) is 1. The maximum atomic E-state index is 12.4. The zero-order valence-corrected chi connectivity index (χ0v) is 14.7. The highest BCUT2D eigenvalue weighted by Gasteiger charge is 2.20. The first-order valence-electron chi connectivity index (χ1n) is 8.94. The number of carbonyl (C=O) groups excluding carboxylic acids is 1. The Bertz CT molecular complexity index is 747. The maximum absolute atomic E-state index is 12.4. The number of rotatable bonds is 7. The van der Waals surface area contributed by atoms with E-state index < -0.39 is 0 Å². The summed E-state index contributed by atoms with van der Waals surface area (Å²) >= 11 is 0. The Morgan fingerprint density at radius 2 is 1.81 bits per heavy atom. The van der Waals surface area contributed by atoms with Crippen LogP contribution in [0.5, 0.6) is 5.75 Å². The number of nitriles is 1. The lowest BCUT2D eigenvalue weighted by Crippen LogP contribution is -2.39. The van der Waals surface area contributed by atoms with Gasteiger partial charge < -0.3 is 15.0 Å². The molecule has 2 aromatic rings. The lowest BCUT2D eigenvalue weighted by molar-refractivity contribution is -0.124. The third-order valence-corrected chi connectivity index (χ3v) is 4.53. The third-order valence-electron chi connectivity index (χ3n) is 4.53. The average molecular weight is 349 g/mol. The van der Waals surface area contributed by atoms with Crippen LogP contribution >= 0.6 is 0 Å². The lowest BCUT2D eigenvalue weighted by Gasteiger charge is -2.25. The van der Waals surface area contributed by atoms with Crippen LogP contribution in [-0.4, -0.2) is 37.0 Å². The summed E-state index contributed by atoms with van der Waals surface area (Å²) in [5, 5.41) is 11.9. The van der Waals surface area contributed by atoms with Gasteiger partial charge in [-0.25, -0.2) is 0 Å². The Morgan fingerprint density at radius 3 is 2.46 bits per heavy atom. The van der Waals surface area contributed by atoms with Crippen molar-refractivity contribution in [3.05, 3.63) is 65.7 Å². The van der Waals surface area contributed by atoms with Gasteiger partial charge in [0.1, 0.15) is 5.75 Å². The fraction of sp³-hybridized carbons (Fsp3) is 0.333. The van der Waals surface area contributed by atoms with E-state index in [0.29, 0.717) is 11.3 Å². The summed E-state index contributed by atoms with van der Waals surface area (Å²) in [6.45, 7) is 2.93. The van der Waals surface area contributed by atoms with E-state index in [1.54, 1.807) is 24.3 Å². The summed E-state index contributed by atoms with van der Waals surface area (Å²) in [6, 6.07) is 18.8. The van der Waals surface area contributed by atoms with Crippen LogP contribution in [0.25, 0.3) is 0 Å². The fourth-order valence-electron chi connectivity index (χ4n) is 3.15. The molecule has 0 aromatic heterocycles. The second-order valence-corrected chi connectivity index (χ2v) is 6.46. The van der Waals surface area contributed by atoms with Crippen molar-refractivity contribution in [2.24, 2.45) is 0 Å². The zero-order chi connectivity index (χ0) is 18.2. The summed E-state index contributed by atoms with van der Waals surface area (Å²) in [7, 11) is 0.